The number of ether oxygens (including phenoxy) is 1. The van der Waals surface area contributed by atoms with Crippen LogP contribution in [-0.2, 0) is 19.5 Å². The van der Waals surface area contributed by atoms with E-state index in [1.54, 1.807) is 6.20 Å². The van der Waals surface area contributed by atoms with Crippen LogP contribution in [-0.4, -0.2) is 22.1 Å². The number of fused-ring (bicyclic) bond motifs is 1. The molecule has 0 spiro atoms. The van der Waals surface area contributed by atoms with E-state index in [-0.39, 0.29) is 0 Å². The molecule has 3 rings (SSSR count). The van der Waals surface area contributed by atoms with Gasteiger partial charge in [0.25, 0.3) is 0 Å². The molecule has 118 valence electrons. The van der Waals surface area contributed by atoms with E-state index < -0.39 is 0 Å². The summed E-state index contributed by atoms with van der Waals surface area (Å²) >= 11 is 0. The SMILES string of the molecule is COc1nccc(N2Cc3cnc(CC(C)C)nc3C2)c1C#N. The summed E-state index contributed by atoms with van der Waals surface area (Å²) in [6.07, 6.45) is 4.44. The third-order valence-electron chi connectivity index (χ3n) is 3.84. The summed E-state index contributed by atoms with van der Waals surface area (Å²) in [6.45, 7) is 5.68. The lowest BCUT2D eigenvalue weighted by molar-refractivity contribution is 0.396. The van der Waals surface area contributed by atoms with Gasteiger partial charge in [-0.05, 0) is 12.0 Å². The van der Waals surface area contributed by atoms with Crippen LogP contribution in [0.25, 0.3) is 0 Å². The third kappa shape index (κ3) is 2.95. The van der Waals surface area contributed by atoms with Gasteiger partial charge in [-0.3, -0.25) is 0 Å². The van der Waals surface area contributed by atoms with Crippen molar-refractivity contribution in [1.29, 1.82) is 5.26 Å². The van der Waals surface area contributed by atoms with E-state index in [9.17, 15) is 5.26 Å². The van der Waals surface area contributed by atoms with E-state index >= 15 is 0 Å². The van der Waals surface area contributed by atoms with Crippen molar-refractivity contribution in [3.05, 3.63) is 41.1 Å². The molecule has 0 amide bonds. The van der Waals surface area contributed by atoms with Crippen LogP contribution in [0.2, 0.25) is 0 Å². The predicted octanol–water partition coefficient (Wildman–Crippen LogP) is 2.47. The molecule has 0 saturated carbocycles. The van der Waals surface area contributed by atoms with E-state index in [0.717, 1.165) is 29.2 Å². The first-order chi connectivity index (χ1) is 11.1. The number of pyridine rings is 1. The second kappa shape index (κ2) is 6.21. The monoisotopic (exact) mass is 309 g/mol. The van der Waals surface area contributed by atoms with Gasteiger partial charge in [-0.15, -0.1) is 0 Å². The van der Waals surface area contributed by atoms with Gasteiger partial charge in [-0.1, -0.05) is 13.8 Å². The molecule has 2 aromatic heterocycles. The van der Waals surface area contributed by atoms with Crippen molar-refractivity contribution in [3.8, 4) is 11.9 Å². The minimum atomic E-state index is 0.354. The van der Waals surface area contributed by atoms with Crippen molar-refractivity contribution in [3.63, 3.8) is 0 Å². The minimum absolute atomic E-state index is 0.354. The van der Waals surface area contributed by atoms with Gasteiger partial charge in [0.15, 0.2) is 0 Å². The largest absolute Gasteiger partial charge is 0.480 e. The lowest BCUT2D eigenvalue weighted by Gasteiger charge is -2.19. The molecule has 0 unspecified atom stereocenters. The number of methoxy groups -OCH3 is 1. The molecular weight excluding hydrogens is 290 g/mol. The Morgan fingerprint density at radius 2 is 2.17 bits per heavy atom. The third-order valence-corrected chi connectivity index (χ3v) is 3.84. The molecule has 1 aliphatic heterocycles. The predicted molar refractivity (Wildman–Crippen MR) is 86.0 cm³/mol. The molecule has 0 aliphatic carbocycles. The Balaban J connectivity index is 1.89. The molecule has 0 radical (unpaired) electrons. The summed E-state index contributed by atoms with van der Waals surface area (Å²) in [6, 6.07) is 4.03. The number of hydrogen-bond acceptors (Lipinski definition) is 6. The standard InChI is InChI=1S/C17H19N5O/c1-11(2)6-16-20-8-12-9-22(10-14(12)21-16)15-4-5-19-17(23-3)13(15)7-18/h4-5,8,11H,6,9-10H2,1-3H3. The first kappa shape index (κ1) is 15.2. The van der Waals surface area contributed by atoms with Gasteiger partial charge in [-0.25, -0.2) is 15.0 Å². The van der Waals surface area contributed by atoms with Crippen molar-refractivity contribution in [2.75, 3.05) is 12.0 Å². The molecule has 23 heavy (non-hydrogen) atoms. The van der Waals surface area contributed by atoms with Crippen LogP contribution in [0, 0.1) is 17.2 Å². The average molecular weight is 309 g/mol. The number of nitrogens with zero attached hydrogens (tertiary/aromatic N) is 5. The summed E-state index contributed by atoms with van der Waals surface area (Å²) in [4.78, 5) is 15.3. The summed E-state index contributed by atoms with van der Waals surface area (Å²) in [7, 11) is 1.52. The fourth-order valence-electron chi connectivity index (χ4n) is 2.78. The molecule has 3 heterocycles. The Bertz CT molecular complexity index is 766. The summed E-state index contributed by atoms with van der Waals surface area (Å²) in [5, 5.41) is 9.43. The first-order valence-corrected chi connectivity index (χ1v) is 7.64. The number of anilines is 1. The van der Waals surface area contributed by atoms with Crippen molar-refractivity contribution < 1.29 is 4.74 Å². The molecule has 0 fully saturated rings. The van der Waals surface area contributed by atoms with E-state index in [2.05, 4.69) is 39.8 Å². The number of hydrogen-bond donors (Lipinski definition) is 0. The van der Waals surface area contributed by atoms with Gasteiger partial charge >= 0.3 is 0 Å². The van der Waals surface area contributed by atoms with Gasteiger partial charge in [0.1, 0.15) is 17.5 Å². The second-order valence-electron chi connectivity index (χ2n) is 6.04. The maximum absolute atomic E-state index is 9.43. The van der Waals surface area contributed by atoms with Crippen LogP contribution < -0.4 is 9.64 Å². The highest BCUT2D eigenvalue weighted by Gasteiger charge is 2.25. The topological polar surface area (TPSA) is 74.9 Å². The molecule has 2 aromatic rings. The maximum atomic E-state index is 9.43. The summed E-state index contributed by atoms with van der Waals surface area (Å²) in [5.74, 6) is 1.76. The lowest BCUT2D eigenvalue weighted by Crippen LogP contribution is -2.16. The first-order valence-electron chi connectivity index (χ1n) is 7.64. The van der Waals surface area contributed by atoms with E-state index in [1.807, 2.05) is 12.3 Å². The quantitative estimate of drug-likeness (QED) is 0.863. The van der Waals surface area contributed by atoms with E-state index in [4.69, 9.17) is 4.74 Å². The van der Waals surface area contributed by atoms with Crippen LogP contribution in [0.15, 0.2) is 18.5 Å². The maximum Gasteiger partial charge on any atom is 0.233 e. The van der Waals surface area contributed by atoms with Crippen molar-refractivity contribution in [2.45, 2.75) is 33.4 Å². The van der Waals surface area contributed by atoms with Gasteiger partial charge in [-0.2, -0.15) is 5.26 Å². The molecule has 0 saturated heterocycles. The smallest absolute Gasteiger partial charge is 0.233 e. The molecule has 6 heteroatoms. The highest BCUT2D eigenvalue weighted by Crippen LogP contribution is 2.32. The van der Waals surface area contributed by atoms with Crippen LogP contribution in [0.4, 0.5) is 5.69 Å². The Morgan fingerprint density at radius 3 is 2.87 bits per heavy atom. The Morgan fingerprint density at radius 1 is 1.35 bits per heavy atom. The highest BCUT2D eigenvalue weighted by atomic mass is 16.5. The van der Waals surface area contributed by atoms with E-state index in [1.165, 1.54) is 7.11 Å². The molecular formula is C17H19N5O. The van der Waals surface area contributed by atoms with Crippen LogP contribution >= 0.6 is 0 Å². The Hall–Kier alpha value is -2.68. The molecule has 0 aromatic carbocycles. The molecule has 1 aliphatic rings. The number of aromatic nitrogens is 3. The molecule has 0 bridgehead atoms. The van der Waals surface area contributed by atoms with Crippen LogP contribution in [0.5, 0.6) is 5.88 Å². The zero-order valence-electron chi connectivity index (χ0n) is 13.6. The van der Waals surface area contributed by atoms with Crippen molar-refractivity contribution >= 4 is 5.69 Å². The van der Waals surface area contributed by atoms with Gasteiger partial charge in [0.05, 0.1) is 25.0 Å². The lowest BCUT2D eigenvalue weighted by atomic mass is 10.1. The zero-order valence-corrected chi connectivity index (χ0v) is 13.6. The normalized spacial score (nSPS) is 13.1. The minimum Gasteiger partial charge on any atom is -0.480 e. The van der Waals surface area contributed by atoms with Gasteiger partial charge < -0.3 is 9.64 Å². The number of nitriles is 1. The zero-order chi connectivity index (χ0) is 16.4. The fourth-order valence-corrected chi connectivity index (χ4v) is 2.78. The second-order valence-corrected chi connectivity index (χ2v) is 6.04. The van der Waals surface area contributed by atoms with Crippen LogP contribution in [0.3, 0.4) is 0 Å². The van der Waals surface area contributed by atoms with E-state index in [0.29, 0.717) is 30.5 Å². The molecule has 0 atom stereocenters. The molecule has 0 N–H and O–H groups in total. The molecule has 6 nitrogen and oxygen atoms in total. The Kier molecular flexibility index (Phi) is 4.11. The summed E-state index contributed by atoms with van der Waals surface area (Å²) in [5.41, 5.74) is 3.42. The van der Waals surface area contributed by atoms with Crippen molar-refractivity contribution in [2.24, 2.45) is 5.92 Å². The van der Waals surface area contributed by atoms with Gasteiger partial charge in [0, 0.05) is 30.9 Å². The Labute approximate surface area is 135 Å². The summed E-state index contributed by atoms with van der Waals surface area (Å²) < 4.78 is 5.19. The highest BCUT2D eigenvalue weighted by molar-refractivity contribution is 5.64. The van der Waals surface area contributed by atoms with Crippen LogP contribution in [0.1, 0.15) is 36.5 Å². The van der Waals surface area contributed by atoms with Gasteiger partial charge in [0.2, 0.25) is 5.88 Å². The number of rotatable bonds is 4. The fraction of sp³-hybridized carbons (Fsp3) is 0.412. The van der Waals surface area contributed by atoms with Crippen molar-refractivity contribution in [1.82, 2.24) is 15.0 Å². The average Bonchev–Trinajstić information content (AvgIpc) is 2.96.